The van der Waals surface area contributed by atoms with E-state index in [0.717, 1.165) is 25.4 Å². The summed E-state index contributed by atoms with van der Waals surface area (Å²) in [7, 11) is 2.09. The lowest BCUT2D eigenvalue weighted by atomic mass is 10.2. The van der Waals surface area contributed by atoms with E-state index < -0.39 is 0 Å². The van der Waals surface area contributed by atoms with Crippen LogP contribution in [0.3, 0.4) is 0 Å². The standard InChI is InChI=1S/C14H24N2O/c1-14(2,3)17-9-8-16(4)11-12-6-5-7-13(15)10-12/h5-7,10H,8-9,11,15H2,1-4H3. The maximum absolute atomic E-state index is 5.75. The van der Waals surface area contributed by atoms with Crippen molar-refractivity contribution in [1.82, 2.24) is 4.90 Å². The molecule has 0 aromatic heterocycles. The van der Waals surface area contributed by atoms with Gasteiger partial charge in [0.15, 0.2) is 0 Å². The van der Waals surface area contributed by atoms with Crippen LogP contribution in [0.2, 0.25) is 0 Å². The Morgan fingerprint density at radius 3 is 2.59 bits per heavy atom. The van der Waals surface area contributed by atoms with Crippen LogP contribution in [-0.4, -0.2) is 30.7 Å². The highest BCUT2D eigenvalue weighted by Gasteiger charge is 2.10. The number of likely N-dealkylation sites (N-methyl/N-ethyl adjacent to an activating group) is 1. The van der Waals surface area contributed by atoms with Crippen molar-refractivity contribution < 1.29 is 4.74 Å². The van der Waals surface area contributed by atoms with Gasteiger partial charge < -0.3 is 10.5 Å². The molecule has 0 aliphatic rings. The lowest BCUT2D eigenvalue weighted by molar-refractivity contribution is -0.0113. The first kappa shape index (κ1) is 14.0. The third-order valence-electron chi connectivity index (χ3n) is 2.41. The molecule has 0 unspecified atom stereocenters. The van der Waals surface area contributed by atoms with Gasteiger partial charge in [-0.15, -0.1) is 0 Å². The minimum atomic E-state index is -0.0575. The van der Waals surface area contributed by atoms with Crippen molar-refractivity contribution in [3.63, 3.8) is 0 Å². The van der Waals surface area contributed by atoms with Crippen LogP contribution in [0.15, 0.2) is 24.3 Å². The number of rotatable bonds is 5. The first-order valence-corrected chi connectivity index (χ1v) is 6.04. The molecule has 1 aromatic carbocycles. The molecule has 0 heterocycles. The highest BCUT2D eigenvalue weighted by atomic mass is 16.5. The van der Waals surface area contributed by atoms with Gasteiger partial charge in [0, 0.05) is 18.8 Å². The Hall–Kier alpha value is -1.06. The van der Waals surface area contributed by atoms with Crippen molar-refractivity contribution in [2.45, 2.75) is 32.9 Å². The minimum Gasteiger partial charge on any atom is -0.399 e. The molecule has 0 aliphatic heterocycles. The summed E-state index contributed by atoms with van der Waals surface area (Å²) in [6.45, 7) is 8.80. The van der Waals surface area contributed by atoms with Crippen molar-refractivity contribution in [1.29, 1.82) is 0 Å². The molecule has 1 rings (SSSR count). The molecule has 0 fully saturated rings. The number of nitrogens with zero attached hydrogens (tertiary/aromatic N) is 1. The Kier molecular flexibility index (Phi) is 4.97. The second kappa shape index (κ2) is 6.03. The summed E-state index contributed by atoms with van der Waals surface area (Å²) in [5.74, 6) is 0. The van der Waals surface area contributed by atoms with E-state index in [1.165, 1.54) is 5.56 Å². The lowest BCUT2D eigenvalue weighted by Crippen LogP contribution is -2.28. The summed E-state index contributed by atoms with van der Waals surface area (Å²) in [6, 6.07) is 8.01. The Labute approximate surface area is 105 Å². The fourth-order valence-corrected chi connectivity index (χ4v) is 1.59. The lowest BCUT2D eigenvalue weighted by Gasteiger charge is -2.22. The van der Waals surface area contributed by atoms with Gasteiger partial charge in [-0.3, -0.25) is 4.90 Å². The first-order valence-electron chi connectivity index (χ1n) is 6.04. The third kappa shape index (κ3) is 6.29. The van der Waals surface area contributed by atoms with Crippen molar-refractivity contribution in [3.05, 3.63) is 29.8 Å². The molecule has 3 heteroatoms. The third-order valence-corrected chi connectivity index (χ3v) is 2.41. The molecule has 0 aliphatic carbocycles. The van der Waals surface area contributed by atoms with E-state index in [9.17, 15) is 0 Å². The van der Waals surface area contributed by atoms with Gasteiger partial charge in [-0.2, -0.15) is 0 Å². The number of nitrogen functional groups attached to an aromatic ring is 1. The Morgan fingerprint density at radius 1 is 1.29 bits per heavy atom. The van der Waals surface area contributed by atoms with Gasteiger partial charge in [-0.25, -0.2) is 0 Å². The highest BCUT2D eigenvalue weighted by Crippen LogP contribution is 2.09. The molecule has 96 valence electrons. The largest absolute Gasteiger partial charge is 0.399 e. The quantitative estimate of drug-likeness (QED) is 0.798. The summed E-state index contributed by atoms with van der Waals surface area (Å²) < 4.78 is 5.70. The van der Waals surface area contributed by atoms with Gasteiger partial charge in [-0.05, 0) is 45.5 Å². The normalized spacial score (nSPS) is 12.1. The van der Waals surface area contributed by atoms with Crippen LogP contribution in [0.25, 0.3) is 0 Å². The smallest absolute Gasteiger partial charge is 0.0600 e. The van der Waals surface area contributed by atoms with E-state index in [1.54, 1.807) is 0 Å². The van der Waals surface area contributed by atoms with Crippen LogP contribution in [0.1, 0.15) is 26.3 Å². The Bertz CT molecular complexity index is 344. The SMILES string of the molecule is CN(CCOC(C)(C)C)Cc1cccc(N)c1. The van der Waals surface area contributed by atoms with Gasteiger partial charge in [0.1, 0.15) is 0 Å². The van der Waals surface area contributed by atoms with E-state index in [2.05, 4.69) is 38.8 Å². The molecule has 17 heavy (non-hydrogen) atoms. The van der Waals surface area contributed by atoms with E-state index in [4.69, 9.17) is 10.5 Å². The molecule has 0 saturated carbocycles. The van der Waals surface area contributed by atoms with E-state index in [0.29, 0.717) is 0 Å². The molecule has 0 atom stereocenters. The van der Waals surface area contributed by atoms with Crippen LogP contribution in [-0.2, 0) is 11.3 Å². The number of anilines is 1. The van der Waals surface area contributed by atoms with Gasteiger partial charge >= 0.3 is 0 Å². The van der Waals surface area contributed by atoms with Crippen molar-refractivity contribution in [2.24, 2.45) is 0 Å². The van der Waals surface area contributed by atoms with Crippen LogP contribution < -0.4 is 5.73 Å². The molecule has 0 saturated heterocycles. The fraction of sp³-hybridized carbons (Fsp3) is 0.571. The number of nitrogens with two attached hydrogens (primary N) is 1. The molecule has 0 bridgehead atoms. The first-order chi connectivity index (χ1) is 7.87. The zero-order valence-corrected chi connectivity index (χ0v) is 11.4. The summed E-state index contributed by atoms with van der Waals surface area (Å²) in [4.78, 5) is 2.24. The maximum atomic E-state index is 5.75. The Balaban J connectivity index is 2.32. The van der Waals surface area contributed by atoms with Crippen molar-refractivity contribution in [3.8, 4) is 0 Å². The Morgan fingerprint density at radius 2 is 2.00 bits per heavy atom. The second-order valence-corrected chi connectivity index (χ2v) is 5.44. The number of hydrogen-bond donors (Lipinski definition) is 1. The molecule has 2 N–H and O–H groups in total. The molecule has 3 nitrogen and oxygen atoms in total. The number of ether oxygens (including phenoxy) is 1. The predicted octanol–water partition coefficient (Wildman–Crippen LogP) is 2.52. The highest BCUT2D eigenvalue weighted by molar-refractivity contribution is 5.40. The average molecular weight is 236 g/mol. The number of hydrogen-bond acceptors (Lipinski definition) is 3. The van der Waals surface area contributed by atoms with Crippen LogP contribution in [0, 0.1) is 0 Å². The fourth-order valence-electron chi connectivity index (χ4n) is 1.59. The van der Waals surface area contributed by atoms with Crippen LogP contribution in [0.4, 0.5) is 5.69 Å². The van der Waals surface area contributed by atoms with Gasteiger partial charge in [-0.1, -0.05) is 12.1 Å². The molecule has 1 aromatic rings. The zero-order chi connectivity index (χ0) is 12.9. The van der Waals surface area contributed by atoms with Gasteiger partial charge in [0.25, 0.3) is 0 Å². The number of benzene rings is 1. The van der Waals surface area contributed by atoms with E-state index in [-0.39, 0.29) is 5.60 Å². The second-order valence-electron chi connectivity index (χ2n) is 5.44. The van der Waals surface area contributed by atoms with E-state index in [1.807, 2.05) is 18.2 Å². The van der Waals surface area contributed by atoms with Crippen LogP contribution >= 0.6 is 0 Å². The van der Waals surface area contributed by atoms with Gasteiger partial charge in [0.2, 0.25) is 0 Å². The molecule has 0 radical (unpaired) electrons. The topological polar surface area (TPSA) is 38.5 Å². The average Bonchev–Trinajstić information content (AvgIpc) is 2.15. The molecular weight excluding hydrogens is 212 g/mol. The van der Waals surface area contributed by atoms with Gasteiger partial charge in [0.05, 0.1) is 12.2 Å². The van der Waals surface area contributed by atoms with Crippen molar-refractivity contribution in [2.75, 3.05) is 25.9 Å². The summed E-state index contributed by atoms with van der Waals surface area (Å²) in [5.41, 5.74) is 7.75. The minimum absolute atomic E-state index is 0.0575. The zero-order valence-electron chi connectivity index (χ0n) is 11.4. The summed E-state index contributed by atoms with van der Waals surface area (Å²) in [5, 5.41) is 0. The molecule has 0 amide bonds. The molecule has 0 spiro atoms. The molecular formula is C14H24N2O. The summed E-state index contributed by atoms with van der Waals surface area (Å²) >= 11 is 0. The van der Waals surface area contributed by atoms with E-state index >= 15 is 0 Å². The van der Waals surface area contributed by atoms with Crippen LogP contribution in [0.5, 0.6) is 0 Å². The summed E-state index contributed by atoms with van der Waals surface area (Å²) in [6.07, 6.45) is 0. The maximum Gasteiger partial charge on any atom is 0.0600 e. The van der Waals surface area contributed by atoms with Crippen molar-refractivity contribution >= 4 is 5.69 Å². The predicted molar refractivity (Wildman–Crippen MR) is 72.9 cm³/mol. The monoisotopic (exact) mass is 236 g/mol.